The van der Waals surface area contributed by atoms with Crippen molar-refractivity contribution in [3.63, 3.8) is 0 Å². The molecule has 1 aromatic carbocycles. The van der Waals surface area contributed by atoms with Gasteiger partial charge in [-0.15, -0.1) is 0 Å². The maximum absolute atomic E-state index is 6.12. The number of halogens is 1. The molecule has 0 unspecified atom stereocenters. The molecular formula is C13H15ClN2O. The van der Waals surface area contributed by atoms with Crippen molar-refractivity contribution in [3.05, 3.63) is 28.8 Å². The number of anilines is 1. The second kappa shape index (κ2) is 4.41. The zero-order valence-electron chi connectivity index (χ0n) is 10.1. The Kier molecular flexibility index (Phi) is 3.11. The van der Waals surface area contributed by atoms with Crippen LogP contribution in [-0.4, -0.2) is 12.1 Å². The molecule has 3 nitrogen and oxygen atoms in total. The van der Waals surface area contributed by atoms with Crippen LogP contribution in [0.5, 0.6) is 5.75 Å². The second-order valence-electron chi connectivity index (χ2n) is 4.26. The lowest BCUT2D eigenvalue weighted by atomic mass is 10.0. The summed E-state index contributed by atoms with van der Waals surface area (Å²) >= 11 is 6.12. The summed E-state index contributed by atoms with van der Waals surface area (Å²) in [5.41, 5.74) is 7.64. The fraction of sp³-hybridized carbons (Fsp3) is 0.308. The van der Waals surface area contributed by atoms with Gasteiger partial charge in [-0.3, -0.25) is 0 Å². The SMILES string of the molecule is COc1ccc(Cl)c2nc(N)c(C(C)C)cc12. The molecular weight excluding hydrogens is 236 g/mol. The summed E-state index contributed by atoms with van der Waals surface area (Å²) in [6.45, 7) is 4.16. The van der Waals surface area contributed by atoms with Gasteiger partial charge in [0.25, 0.3) is 0 Å². The molecule has 4 heteroatoms. The first-order chi connectivity index (χ1) is 8.04. The summed E-state index contributed by atoms with van der Waals surface area (Å²) in [4.78, 5) is 4.37. The lowest BCUT2D eigenvalue weighted by Gasteiger charge is -2.12. The molecule has 0 aliphatic rings. The van der Waals surface area contributed by atoms with E-state index in [9.17, 15) is 0 Å². The summed E-state index contributed by atoms with van der Waals surface area (Å²) in [6, 6.07) is 5.61. The van der Waals surface area contributed by atoms with E-state index in [1.807, 2.05) is 12.1 Å². The van der Waals surface area contributed by atoms with Crippen molar-refractivity contribution in [1.82, 2.24) is 4.98 Å². The summed E-state index contributed by atoms with van der Waals surface area (Å²) in [5, 5.41) is 1.49. The highest BCUT2D eigenvalue weighted by Gasteiger charge is 2.12. The molecule has 0 fully saturated rings. The number of nitrogens with two attached hydrogens (primary N) is 1. The van der Waals surface area contributed by atoms with Gasteiger partial charge in [-0.05, 0) is 29.7 Å². The fourth-order valence-electron chi connectivity index (χ4n) is 1.87. The summed E-state index contributed by atoms with van der Waals surface area (Å²) in [7, 11) is 1.63. The van der Waals surface area contributed by atoms with Gasteiger partial charge in [0.1, 0.15) is 11.6 Å². The van der Waals surface area contributed by atoms with Crippen LogP contribution < -0.4 is 10.5 Å². The molecule has 0 amide bonds. The molecule has 0 aliphatic heterocycles. The number of nitrogen functional groups attached to an aromatic ring is 1. The molecule has 0 saturated heterocycles. The van der Waals surface area contributed by atoms with Crippen LogP contribution in [0.3, 0.4) is 0 Å². The molecule has 0 saturated carbocycles. The van der Waals surface area contributed by atoms with Crippen molar-refractivity contribution in [3.8, 4) is 5.75 Å². The molecule has 2 N–H and O–H groups in total. The van der Waals surface area contributed by atoms with Crippen LogP contribution in [0, 0.1) is 0 Å². The van der Waals surface area contributed by atoms with Crippen LogP contribution in [-0.2, 0) is 0 Å². The molecule has 2 aromatic rings. The van der Waals surface area contributed by atoms with E-state index in [2.05, 4.69) is 18.8 Å². The average Bonchev–Trinajstić information content (AvgIpc) is 2.29. The molecule has 0 aliphatic carbocycles. The van der Waals surface area contributed by atoms with Crippen LogP contribution >= 0.6 is 11.6 Å². The van der Waals surface area contributed by atoms with Gasteiger partial charge in [0.05, 0.1) is 17.6 Å². The molecule has 1 aromatic heterocycles. The Morgan fingerprint density at radius 1 is 1.35 bits per heavy atom. The number of hydrogen-bond donors (Lipinski definition) is 1. The Morgan fingerprint density at radius 2 is 2.06 bits per heavy atom. The summed E-state index contributed by atoms with van der Waals surface area (Å²) in [5.74, 6) is 1.61. The van der Waals surface area contributed by atoms with E-state index in [1.54, 1.807) is 13.2 Å². The Bertz CT molecular complexity index is 567. The van der Waals surface area contributed by atoms with E-state index in [-0.39, 0.29) is 0 Å². The molecule has 1 heterocycles. The molecule has 0 spiro atoms. The van der Waals surface area contributed by atoms with Crippen molar-refractivity contribution >= 4 is 28.3 Å². The van der Waals surface area contributed by atoms with E-state index in [0.717, 1.165) is 16.7 Å². The Hall–Kier alpha value is -1.48. The number of rotatable bonds is 2. The van der Waals surface area contributed by atoms with Crippen LogP contribution in [0.2, 0.25) is 5.02 Å². The van der Waals surface area contributed by atoms with Gasteiger partial charge >= 0.3 is 0 Å². The fourth-order valence-corrected chi connectivity index (χ4v) is 2.08. The number of hydrogen-bond acceptors (Lipinski definition) is 3. The first-order valence-electron chi connectivity index (χ1n) is 5.47. The van der Waals surface area contributed by atoms with Crippen molar-refractivity contribution in [2.45, 2.75) is 19.8 Å². The van der Waals surface area contributed by atoms with Crippen LogP contribution in [0.1, 0.15) is 25.3 Å². The van der Waals surface area contributed by atoms with Crippen LogP contribution in [0.15, 0.2) is 18.2 Å². The summed E-state index contributed by atoms with van der Waals surface area (Å²) in [6.07, 6.45) is 0. The van der Waals surface area contributed by atoms with E-state index < -0.39 is 0 Å². The van der Waals surface area contributed by atoms with Gasteiger partial charge in [-0.2, -0.15) is 0 Å². The van der Waals surface area contributed by atoms with Crippen molar-refractivity contribution < 1.29 is 4.74 Å². The normalized spacial score (nSPS) is 11.1. The van der Waals surface area contributed by atoms with Gasteiger partial charge in [0.2, 0.25) is 0 Å². The Morgan fingerprint density at radius 3 is 2.65 bits per heavy atom. The van der Waals surface area contributed by atoms with E-state index >= 15 is 0 Å². The smallest absolute Gasteiger partial charge is 0.128 e. The number of aromatic nitrogens is 1. The third kappa shape index (κ3) is 2.03. The number of ether oxygens (including phenoxy) is 1. The van der Waals surface area contributed by atoms with E-state index in [0.29, 0.717) is 22.3 Å². The first-order valence-corrected chi connectivity index (χ1v) is 5.85. The van der Waals surface area contributed by atoms with Crippen molar-refractivity contribution in [2.75, 3.05) is 12.8 Å². The Balaban J connectivity index is 2.82. The maximum Gasteiger partial charge on any atom is 0.128 e. The van der Waals surface area contributed by atoms with E-state index in [4.69, 9.17) is 22.1 Å². The highest BCUT2D eigenvalue weighted by atomic mass is 35.5. The maximum atomic E-state index is 6.12. The van der Waals surface area contributed by atoms with Gasteiger partial charge in [0.15, 0.2) is 0 Å². The highest BCUT2D eigenvalue weighted by molar-refractivity contribution is 6.35. The molecule has 0 radical (unpaired) electrons. The monoisotopic (exact) mass is 250 g/mol. The zero-order chi connectivity index (χ0) is 12.6. The number of methoxy groups -OCH3 is 1. The average molecular weight is 251 g/mol. The first kappa shape index (κ1) is 12.0. The predicted molar refractivity (Wildman–Crippen MR) is 71.8 cm³/mol. The van der Waals surface area contributed by atoms with Crippen molar-refractivity contribution in [2.24, 2.45) is 0 Å². The molecule has 0 atom stereocenters. The number of pyridine rings is 1. The largest absolute Gasteiger partial charge is 0.496 e. The number of nitrogens with zero attached hydrogens (tertiary/aromatic N) is 1. The topological polar surface area (TPSA) is 48.1 Å². The predicted octanol–water partition coefficient (Wildman–Crippen LogP) is 3.60. The minimum atomic E-state index is 0.315. The zero-order valence-corrected chi connectivity index (χ0v) is 10.9. The minimum absolute atomic E-state index is 0.315. The third-order valence-corrected chi connectivity index (χ3v) is 3.10. The summed E-state index contributed by atoms with van der Waals surface area (Å²) < 4.78 is 5.32. The van der Waals surface area contributed by atoms with Gasteiger partial charge in [0, 0.05) is 5.39 Å². The number of benzene rings is 1. The second-order valence-corrected chi connectivity index (χ2v) is 4.67. The molecule has 17 heavy (non-hydrogen) atoms. The quantitative estimate of drug-likeness (QED) is 0.886. The molecule has 90 valence electrons. The molecule has 2 rings (SSSR count). The Labute approximate surface area is 106 Å². The lowest BCUT2D eigenvalue weighted by molar-refractivity contribution is 0.419. The highest BCUT2D eigenvalue weighted by Crippen LogP contribution is 2.34. The van der Waals surface area contributed by atoms with Crippen LogP contribution in [0.4, 0.5) is 5.82 Å². The van der Waals surface area contributed by atoms with Gasteiger partial charge in [-0.1, -0.05) is 25.4 Å². The number of fused-ring (bicyclic) bond motifs is 1. The van der Waals surface area contributed by atoms with Gasteiger partial charge in [-0.25, -0.2) is 4.98 Å². The van der Waals surface area contributed by atoms with Crippen LogP contribution in [0.25, 0.3) is 10.9 Å². The van der Waals surface area contributed by atoms with E-state index in [1.165, 1.54) is 0 Å². The van der Waals surface area contributed by atoms with Crippen molar-refractivity contribution in [1.29, 1.82) is 0 Å². The third-order valence-electron chi connectivity index (χ3n) is 2.80. The lowest BCUT2D eigenvalue weighted by Crippen LogP contribution is -2.01. The molecule has 0 bridgehead atoms. The minimum Gasteiger partial charge on any atom is -0.496 e. The van der Waals surface area contributed by atoms with Gasteiger partial charge < -0.3 is 10.5 Å². The standard InChI is InChI=1S/C13H15ClN2O/c1-7(2)8-6-9-11(17-3)5-4-10(14)12(9)16-13(8)15/h4-7H,1-3H3,(H2,15,16).